The van der Waals surface area contributed by atoms with Gasteiger partial charge >= 0.3 is 0 Å². The fourth-order valence-corrected chi connectivity index (χ4v) is 3.62. The summed E-state index contributed by atoms with van der Waals surface area (Å²) < 4.78 is 0. The van der Waals surface area contributed by atoms with E-state index in [9.17, 15) is 4.79 Å². The second kappa shape index (κ2) is 8.66. The average molecular weight is 397 g/mol. The number of amides is 1. The molecular weight excluding hydrogens is 374 g/mol. The van der Waals surface area contributed by atoms with E-state index in [1.807, 2.05) is 6.07 Å². The Labute approximate surface area is 176 Å². The highest BCUT2D eigenvalue weighted by Crippen LogP contribution is 2.21. The Morgan fingerprint density at radius 2 is 1.77 bits per heavy atom. The van der Waals surface area contributed by atoms with Crippen LogP contribution in [-0.2, 0) is 0 Å². The van der Waals surface area contributed by atoms with Crippen molar-refractivity contribution < 1.29 is 4.79 Å². The molecule has 2 aromatic carbocycles. The van der Waals surface area contributed by atoms with Crippen molar-refractivity contribution in [3.05, 3.63) is 83.6 Å². The van der Waals surface area contributed by atoms with Gasteiger partial charge in [0.05, 0.1) is 11.6 Å². The normalized spacial score (nSPS) is 13.6. The van der Waals surface area contributed by atoms with E-state index in [-0.39, 0.29) is 5.91 Å². The van der Waals surface area contributed by atoms with Gasteiger partial charge in [-0.1, -0.05) is 18.2 Å². The Bertz CT molecular complexity index is 1100. The predicted molar refractivity (Wildman–Crippen MR) is 119 cm³/mol. The number of pyridine rings is 1. The molecule has 0 aliphatic carbocycles. The van der Waals surface area contributed by atoms with Gasteiger partial charge in [0.1, 0.15) is 5.82 Å². The molecule has 0 atom stereocenters. The van der Waals surface area contributed by atoms with Gasteiger partial charge in [0.25, 0.3) is 5.91 Å². The summed E-state index contributed by atoms with van der Waals surface area (Å²) >= 11 is 0. The molecule has 0 spiro atoms. The van der Waals surface area contributed by atoms with Gasteiger partial charge in [0, 0.05) is 49.3 Å². The zero-order valence-corrected chi connectivity index (χ0v) is 16.9. The van der Waals surface area contributed by atoms with Crippen LogP contribution in [0.25, 0.3) is 0 Å². The molecule has 1 N–H and O–H groups in total. The molecule has 6 nitrogen and oxygen atoms in total. The van der Waals surface area contributed by atoms with Crippen LogP contribution in [0.2, 0.25) is 0 Å². The Kier molecular flexibility index (Phi) is 5.62. The van der Waals surface area contributed by atoms with Crippen molar-refractivity contribution in [1.82, 2.24) is 4.98 Å². The molecule has 1 aliphatic rings. The number of nitrogens with one attached hydrogen (secondary N) is 1. The number of hydrogen-bond donors (Lipinski definition) is 1. The average Bonchev–Trinajstić information content (AvgIpc) is 2.79. The van der Waals surface area contributed by atoms with Crippen LogP contribution < -0.4 is 15.1 Å². The smallest absolute Gasteiger partial charge is 0.255 e. The van der Waals surface area contributed by atoms with Gasteiger partial charge in [0.2, 0.25) is 0 Å². The van der Waals surface area contributed by atoms with E-state index in [2.05, 4.69) is 57.4 Å². The van der Waals surface area contributed by atoms with Crippen LogP contribution in [0.5, 0.6) is 0 Å². The number of benzene rings is 2. The fraction of sp³-hybridized carbons (Fsp3) is 0.208. The Morgan fingerprint density at radius 3 is 2.53 bits per heavy atom. The second-order valence-corrected chi connectivity index (χ2v) is 7.36. The lowest BCUT2D eigenvalue weighted by atomic mass is 10.1. The van der Waals surface area contributed by atoms with Crippen LogP contribution in [0.1, 0.15) is 21.5 Å². The minimum absolute atomic E-state index is 0.216. The van der Waals surface area contributed by atoms with Crippen LogP contribution in [0.3, 0.4) is 0 Å². The highest BCUT2D eigenvalue weighted by Gasteiger charge is 2.19. The van der Waals surface area contributed by atoms with Crippen molar-refractivity contribution in [3.63, 3.8) is 0 Å². The zero-order valence-electron chi connectivity index (χ0n) is 16.9. The van der Waals surface area contributed by atoms with Gasteiger partial charge in [-0.2, -0.15) is 5.26 Å². The number of rotatable bonds is 4. The Balaban J connectivity index is 1.42. The minimum atomic E-state index is -0.216. The molecule has 3 aromatic rings. The third kappa shape index (κ3) is 4.41. The molecule has 0 unspecified atom stereocenters. The Morgan fingerprint density at radius 1 is 1.00 bits per heavy atom. The van der Waals surface area contributed by atoms with Gasteiger partial charge in [-0.3, -0.25) is 4.79 Å². The highest BCUT2D eigenvalue weighted by molar-refractivity contribution is 6.04. The summed E-state index contributed by atoms with van der Waals surface area (Å²) in [5.41, 5.74) is 4.16. The van der Waals surface area contributed by atoms with Crippen molar-refractivity contribution >= 4 is 23.1 Å². The summed E-state index contributed by atoms with van der Waals surface area (Å²) in [6.07, 6.45) is 1.67. The van der Waals surface area contributed by atoms with Crippen molar-refractivity contribution in [3.8, 4) is 6.07 Å². The second-order valence-electron chi connectivity index (χ2n) is 7.36. The molecule has 0 radical (unpaired) electrons. The molecule has 1 fully saturated rings. The zero-order chi connectivity index (χ0) is 20.9. The van der Waals surface area contributed by atoms with E-state index >= 15 is 0 Å². The molecule has 30 heavy (non-hydrogen) atoms. The van der Waals surface area contributed by atoms with E-state index < -0.39 is 0 Å². The van der Waals surface area contributed by atoms with Gasteiger partial charge < -0.3 is 15.1 Å². The number of anilines is 3. The SMILES string of the molecule is Cc1cccc(N2CCN(c3cc(C(=O)Nc4cccc(C#N)c4)ccn3)CC2)c1. The predicted octanol–water partition coefficient (Wildman–Crippen LogP) is 3.84. The first-order valence-corrected chi connectivity index (χ1v) is 9.96. The van der Waals surface area contributed by atoms with E-state index in [0.29, 0.717) is 16.8 Å². The standard InChI is InChI=1S/C24H23N5O/c1-18-4-2-7-22(14-18)28-10-12-29(13-11-28)23-16-20(8-9-26-23)24(30)27-21-6-3-5-19(15-21)17-25/h2-9,14-16H,10-13H2,1H3,(H,27,30). The first kappa shape index (κ1) is 19.5. The quantitative estimate of drug-likeness (QED) is 0.724. The maximum Gasteiger partial charge on any atom is 0.255 e. The summed E-state index contributed by atoms with van der Waals surface area (Å²) in [7, 11) is 0. The van der Waals surface area contributed by atoms with Crippen LogP contribution in [0.4, 0.5) is 17.2 Å². The fourth-order valence-electron chi connectivity index (χ4n) is 3.62. The number of nitriles is 1. The van der Waals surface area contributed by atoms with Gasteiger partial charge in [-0.05, 0) is 55.0 Å². The molecule has 4 rings (SSSR count). The van der Waals surface area contributed by atoms with Crippen LogP contribution >= 0.6 is 0 Å². The highest BCUT2D eigenvalue weighted by atomic mass is 16.1. The first-order valence-electron chi connectivity index (χ1n) is 9.96. The molecule has 1 aliphatic heterocycles. The molecular formula is C24H23N5O. The molecule has 0 saturated carbocycles. The van der Waals surface area contributed by atoms with Crippen LogP contribution in [0.15, 0.2) is 66.9 Å². The molecule has 2 heterocycles. The molecule has 1 aromatic heterocycles. The van der Waals surface area contributed by atoms with Crippen molar-refractivity contribution in [2.75, 3.05) is 41.3 Å². The number of piperazine rings is 1. The van der Waals surface area contributed by atoms with Crippen LogP contribution in [0, 0.1) is 18.3 Å². The number of nitrogens with zero attached hydrogens (tertiary/aromatic N) is 4. The molecule has 150 valence electrons. The summed E-state index contributed by atoms with van der Waals surface area (Å²) in [4.78, 5) is 21.7. The van der Waals surface area contributed by atoms with Gasteiger partial charge in [0.15, 0.2) is 0 Å². The topological polar surface area (TPSA) is 72.3 Å². The van der Waals surface area contributed by atoms with Crippen molar-refractivity contribution in [2.45, 2.75) is 6.92 Å². The van der Waals surface area contributed by atoms with E-state index in [1.54, 1.807) is 36.5 Å². The first-order chi connectivity index (χ1) is 14.6. The molecule has 6 heteroatoms. The maximum atomic E-state index is 12.7. The summed E-state index contributed by atoms with van der Waals surface area (Å²) in [6.45, 7) is 5.61. The van der Waals surface area contributed by atoms with Crippen LogP contribution in [-0.4, -0.2) is 37.1 Å². The van der Waals surface area contributed by atoms with E-state index in [4.69, 9.17) is 5.26 Å². The third-order valence-electron chi connectivity index (χ3n) is 5.23. The van der Waals surface area contributed by atoms with Gasteiger partial charge in [-0.15, -0.1) is 0 Å². The number of aryl methyl sites for hydroxylation is 1. The number of carbonyl (C=O) groups excluding carboxylic acids is 1. The number of aromatic nitrogens is 1. The lowest BCUT2D eigenvalue weighted by molar-refractivity contribution is 0.102. The summed E-state index contributed by atoms with van der Waals surface area (Å²) in [5, 5.41) is 11.9. The number of hydrogen-bond acceptors (Lipinski definition) is 5. The van der Waals surface area contributed by atoms with E-state index in [1.165, 1.54) is 11.3 Å². The van der Waals surface area contributed by atoms with E-state index in [0.717, 1.165) is 32.0 Å². The Hall–Kier alpha value is -3.85. The maximum absolute atomic E-state index is 12.7. The lowest BCUT2D eigenvalue weighted by Gasteiger charge is -2.37. The molecule has 0 bridgehead atoms. The third-order valence-corrected chi connectivity index (χ3v) is 5.23. The van der Waals surface area contributed by atoms with Crippen molar-refractivity contribution in [1.29, 1.82) is 5.26 Å². The summed E-state index contributed by atoms with van der Waals surface area (Å²) in [6, 6.07) is 21.0. The molecule has 1 amide bonds. The largest absolute Gasteiger partial charge is 0.368 e. The molecule has 1 saturated heterocycles. The van der Waals surface area contributed by atoms with Crippen molar-refractivity contribution in [2.24, 2.45) is 0 Å². The van der Waals surface area contributed by atoms with Gasteiger partial charge in [-0.25, -0.2) is 4.98 Å². The lowest BCUT2D eigenvalue weighted by Crippen LogP contribution is -2.46. The summed E-state index contributed by atoms with van der Waals surface area (Å²) in [5.74, 6) is 0.587. The minimum Gasteiger partial charge on any atom is -0.368 e. The number of carbonyl (C=O) groups is 1. The monoisotopic (exact) mass is 397 g/mol.